The van der Waals surface area contributed by atoms with Gasteiger partial charge in [0.15, 0.2) is 0 Å². The van der Waals surface area contributed by atoms with Gasteiger partial charge in [0.25, 0.3) is 0 Å². The molecule has 0 aliphatic carbocycles. The van der Waals surface area contributed by atoms with Gasteiger partial charge in [0.05, 0.1) is 5.75 Å². The van der Waals surface area contributed by atoms with E-state index in [9.17, 15) is 9.18 Å². The summed E-state index contributed by atoms with van der Waals surface area (Å²) in [4.78, 5) is 13.6. The van der Waals surface area contributed by atoms with E-state index < -0.39 is 0 Å². The zero-order chi connectivity index (χ0) is 13.5. The van der Waals surface area contributed by atoms with Crippen molar-refractivity contribution in [3.8, 4) is 0 Å². The molecule has 0 aromatic heterocycles. The zero-order valence-corrected chi connectivity index (χ0v) is 13.0. The Bertz CT molecular complexity index is 390. The van der Waals surface area contributed by atoms with E-state index >= 15 is 0 Å². The highest BCUT2D eigenvalue weighted by Crippen LogP contribution is 2.19. The Labute approximate surface area is 120 Å². The van der Waals surface area contributed by atoms with Crippen LogP contribution in [0.5, 0.6) is 0 Å². The van der Waals surface area contributed by atoms with Crippen molar-refractivity contribution in [1.29, 1.82) is 0 Å². The highest BCUT2D eigenvalue weighted by molar-refractivity contribution is 9.10. The molecule has 0 aliphatic heterocycles. The monoisotopic (exact) mass is 333 g/mol. The third kappa shape index (κ3) is 4.98. The maximum Gasteiger partial charge on any atom is 0.232 e. The largest absolute Gasteiger partial charge is 0.343 e. The average molecular weight is 334 g/mol. The third-order valence-electron chi connectivity index (χ3n) is 2.53. The van der Waals surface area contributed by atoms with Crippen LogP contribution in [-0.2, 0) is 10.5 Å². The summed E-state index contributed by atoms with van der Waals surface area (Å²) < 4.78 is 13.9. The number of carbonyl (C=O) groups is 1. The van der Waals surface area contributed by atoms with Crippen molar-refractivity contribution in [2.75, 3.05) is 18.8 Å². The number of benzene rings is 1. The zero-order valence-electron chi connectivity index (χ0n) is 10.6. The molecule has 100 valence electrons. The summed E-state index contributed by atoms with van der Waals surface area (Å²) in [5, 5.41) is 0. The molecule has 0 unspecified atom stereocenters. The van der Waals surface area contributed by atoms with Crippen LogP contribution in [0.25, 0.3) is 0 Å². The molecule has 0 saturated carbocycles. The number of nitrogens with zero attached hydrogens (tertiary/aromatic N) is 1. The Morgan fingerprint density at radius 2 is 2.00 bits per heavy atom. The van der Waals surface area contributed by atoms with Crippen LogP contribution in [0.3, 0.4) is 0 Å². The first-order valence-corrected chi connectivity index (χ1v) is 7.82. The van der Waals surface area contributed by atoms with Gasteiger partial charge < -0.3 is 4.90 Å². The Balaban J connectivity index is 2.44. The first kappa shape index (κ1) is 15.5. The Morgan fingerprint density at radius 1 is 1.33 bits per heavy atom. The number of hydrogen-bond acceptors (Lipinski definition) is 2. The van der Waals surface area contributed by atoms with Crippen molar-refractivity contribution < 1.29 is 9.18 Å². The topological polar surface area (TPSA) is 20.3 Å². The van der Waals surface area contributed by atoms with Crippen LogP contribution in [0.15, 0.2) is 22.7 Å². The molecular formula is C13H17BrFNOS. The number of rotatable bonds is 6. The van der Waals surface area contributed by atoms with Crippen molar-refractivity contribution in [1.82, 2.24) is 4.90 Å². The summed E-state index contributed by atoms with van der Waals surface area (Å²) in [6.45, 7) is 5.41. The summed E-state index contributed by atoms with van der Waals surface area (Å²) >= 11 is 4.77. The lowest BCUT2D eigenvalue weighted by Crippen LogP contribution is -2.31. The maximum absolute atomic E-state index is 13.1. The van der Waals surface area contributed by atoms with Gasteiger partial charge in [-0.1, -0.05) is 15.9 Å². The summed E-state index contributed by atoms with van der Waals surface area (Å²) in [6.07, 6.45) is 0. The van der Waals surface area contributed by atoms with Crippen molar-refractivity contribution >= 4 is 33.6 Å². The predicted octanol–water partition coefficient (Wildman–Crippen LogP) is 3.69. The molecule has 0 aliphatic rings. The molecule has 2 nitrogen and oxygen atoms in total. The van der Waals surface area contributed by atoms with Gasteiger partial charge in [-0.3, -0.25) is 4.79 Å². The van der Waals surface area contributed by atoms with Crippen molar-refractivity contribution in [3.05, 3.63) is 34.1 Å². The summed E-state index contributed by atoms with van der Waals surface area (Å²) in [6, 6.07) is 4.80. The van der Waals surface area contributed by atoms with E-state index in [1.54, 1.807) is 4.90 Å². The van der Waals surface area contributed by atoms with Gasteiger partial charge in [-0.05, 0) is 37.6 Å². The van der Waals surface area contributed by atoms with E-state index in [1.165, 1.54) is 23.9 Å². The molecule has 0 atom stereocenters. The fourth-order valence-electron chi connectivity index (χ4n) is 1.62. The summed E-state index contributed by atoms with van der Waals surface area (Å²) in [7, 11) is 0. The van der Waals surface area contributed by atoms with Gasteiger partial charge in [0.1, 0.15) is 5.82 Å². The van der Waals surface area contributed by atoms with E-state index in [0.29, 0.717) is 11.5 Å². The van der Waals surface area contributed by atoms with Gasteiger partial charge in [-0.25, -0.2) is 4.39 Å². The second kappa shape index (κ2) is 7.79. The minimum atomic E-state index is -0.255. The molecule has 0 saturated heterocycles. The standard InChI is InChI=1S/C13H17BrFNOS/c1-3-16(4-2)13(17)9-18-8-10-5-11(14)7-12(15)6-10/h5-7H,3-4,8-9H2,1-2H3. The summed E-state index contributed by atoms with van der Waals surface area (Å²) in [5.74, 6) is 0.967. The number of amides is 1. The predicted molar refractivity (Wildman–Crippen MR) is 78.2 cm³/mol. The van der Waals surface area contributed by atoms with E-state index in [4.69, 9.17) is 0 Å². The lowest BCUT2D eigenvalue weighted by Gasteiger charge is -2.18. The van der Waals surface area contributed by atoms with Crippen LogP contribution in [0.1, 0.15) is 19.4 Å². The molecule has 0 heterocycles. The van der Waals surface area contributed by atoms with Gasteiger partial charge in [-0.15, -0.1) is 11.8 Å². The number of halogens is 2. The van der Waals surface area contributed by atoms with Crippen LogP contribution in [0.2, 0.25) is 0 Å². The SMILES string of the molecule is CCN(CC)C(=O)CSCc1cc(F)cc(Br)c1. The van der Waals surface area contributed by atoms with E-state index in [-0.39, 0.29) is 11.7 Å². The van der Waals surface area contributed by atoms with Gasteiger partial charge in [0, 0.05) is 23.3 Å². The van der Waals surface area contributed by atoms with Crippen molar-refractivity contribution in [3.63, 3.8) is 0 Å². The molecule has 0 spiro atoms. The number of carbonyl (C=O) groups excluding carboxylic acids is 1. The molecule has 0 radical (unpaired) electrons. The Morgan fingerprint density at radius 3 is 2.56 bits per heavy atom. The molecule has 1 aromatic rings. The fourth-order valence-corrected chi connectivity index (χ4v) is 2.99. The Hall–Kier alpha value is -0.550. The smallest absolute Gasteiger partial charge is 0.232 e. The molecule has 18 heavy (non-hydrogen) atoms. The van der Waals surface area contributed by atoms with Crippen LogP contribution in [0, 0.1) is 5.82 Å². The van der Waals surface area contributed by atoms with E-state index in [0.717, 1.165) is 23.1 Å². The summed E-state index contributed by atoms with van der Waals surface area (Å²) in [5.41, 5.74) is 0.888. The quantitative estimate of drug-likeness (QED) is 0.791. The van der Waals surface area contributed by atoms with Crippen molar-refractivity contribution in [2.24, 2.45) is 0 Å². The van der Waals surface area contributed by atoms with Crippen LogP contribution in [-0.4, -0.2) is 29.6 Å². The minimum absolute atomic E-state index is 0.139. The second-order valence-electron chi connectivity index (χ2n) is 3.84. The van der Waals surface area contributed by atoms with Gasteiger partial charge >= 0.3 is 0 Å². The van der Waals surface area contributed by atoms with Crippen LogP contribution >= 0.6 is 27.7 Å². The van der Waals surface area contributed by atoms with Crippen molar-refractivity contribution in [2.45, 2.75) is 19.6 Å². The molecule has 0 bridgehead atoms. The fraction of sp³-hybridized carbons (Fsp3) is 0.462. The molecule has 0 N–H and O–H groups in total. The molecule has 5 heteroatoms. The highest BCUT2D eigenvalue weighted by atomic mass is 79.9. The normalized spacial score (nSPS) is 10.4. The molecule has 0 fully saturated rings. The first-order chi connectivity index (χ1) is 8.56. The number of thioether (sulfide) groups is 1. The van der Waals surface area contributed by atoms with E-state index in [1.807, 2.05) is 19.9 Å². The molecule has 1 amide bonds. The Kier molecular flexibility index (Phi) is 6.71. The molecule has 1 rings (SSSR count). The van der Waals surface area contributed by atoms with Crippen LogP contribution < -0.4 is 0 Å². The maximum atomic E-state index is 13.1. The minimum Gasteiger partial charge on any atom is -0.343 e. The second-order valence-corrected chi connectivity index (χ2v) is 5.74. The highest BCUT2D eigenvalue weighted by Gasteiger charge is 2.09. The molecule has 1 aromatic carbocycles. The van der Waals surface area contributed by atoms with Gasteiger partial charge in [0.2, 0.25) is 5.91 Å². The lowest BCUT2D eigenvalue weighted by molar-refractivity contribution is -0.127. The van der Waals surface area contributed by atoms with E-state index in [2.05, 4.69) is 15.9 Å². The van der Waals surface area contributed by atoms with Gasteiger partial charge in [-0.2, -0.15) is 0 Å². The first-order valence-electron chi connectivity index (χ1n) is 5.87. The van der Waals surface area contributed by atoms with Crippen LogP contribution in [0.4, 0.5) is 4.39 Å². The molecular weight excluding hydrogens is 317 g/mol. The third-order valence-corrected chi connectivity index (χ3v) is 3.98. The number of hydrogen-bond donors (Lipinski definition) is 0. The average Bonchev–Trinajstić information content (AvgIpc) is 2.29. The lowest BCUT2D eigenvalue weighted by atomic mass is 10.2.